The van der Waals surface area contributed by atoms with Gasteiger partial charge in [0.1, 0.15) is 4.90 Å². The van der Waals surface area contributed by atoms with Crippen molar-refractivity contribution in [3.63, 3.8) is 0 Å². The second-order valence-electron chi connectivity index (χ2n) is 9.18. The first-order chi connectivity index (χ1) is 16.1. The van der Waals surface area contributed by atoms with Crippen molar-refractivity contribution in [3.05, 3.63) is 64.7 Å². The van der Waals surface area contributed by atoms with Crippen LogP contribution in [0.3, 0.4) is 0 Å². The lowest BCUT2D eigenvalue weighted by Gasteiger charge is -2.39. The standard InChI is InChI=1S/C24H28N4O5S/c1-16(2)14-24(31)10-12-28(13-11-24)23(30)17-6-8-18(9-7-17)27-34(32,33)20-5-3-4-19-21(20)25-15-26-22(19)29/h3-9,15-16,27,31H,10-14H2,1-2H3,(H,25,26,29). The minimum Gasteiger partial charge on any atom is -0.390 e. The predicted molar refractivity (Wildman–Crippen MR) is 129 cm³/mol. The van der Waals surface area contributed by atoms with E-state index in [1.54, 1.807) is 17.0 Å². The fraction of sp³-hybridized carbons (Fsp3) is 0.375. The van der Waals surface area contributed by atoms with Crippen molar-refractivity contribution < 1.29 is 18.3 Å². The molecule has 3 aromatic rings. The van der Waals surface area contributed by atoms with E-state index in [1.165, 1.54) is 30.3 Å². The molecule has 0 saturated carbocycles. The third-order valence-corrected chi connectivity index (χ3v) is 7.49. The van der Waals surface area contributed by atoms with Crippen molar-refractivity contribution in [2.45, 2.75) is 43.6 Å². The molecular weight excluding hydrogens is 456 g/mol. The van der Waals surface area contributed by atoms with Gasteiger partial charge in [-0.05, 0) is 61.6 Å². The maximum Gasteiger partial charge on any atom is 0.264 e. The number of anilines is 1. The van der Waals surface area contributed by atoms with E-state index in [9.17, 15) is 23.1 Å². The number of rotatable bonds is 6. The van der Waals surface area contributed by atoms with E-state index in [0.29, 0.717) is 43.8 Å². The summed E-state index contributed by atoms with van der Waals surface area (Å²) in [4.78, 5) is 32.9. The Bertz CT molecular complexity index is 1360. The first-order valence-corrected chi connectivity index (χ1v) is 12.7. The third kappa shape index (κ3) is 4.97. The van der Waals surface area contributed by atoms with Gasteiger partial charge in [0.15, 0.2) is 0 Å². The molecule has 0 unspecified atom stereocenters. The molecule has 3 N–H and O–H groups in total. The van der Waals surface area contributed by atoms with Crippen LogP contribution in [0, 0.1) is 5.92 Å². The smallest absolute Gasteiger partial charge is 0.264 e. The molecule has 1 aliphatic rings. The van der Waals surface area contributed by atoms with Crippen LogP contribution in [0.15, 0.2) is 58.5 Å². The van der Waals surface area contributed by atoms with Gasteiger partial charge in [-0.25, -0.2) is 13.4 Å². The van der Waals surface area contributed by atoms with Gasteiger partial charge >= 0.3 is 0 Å². The Balaban J connectivity index is 1.47. The fourth-order valence-electron chi connectivity index (χ4n) is 4.45. The van der Waals surface area contributed by atoms with Crippen LogP contribution >= 0.6 is 0 Å². The second-order valence-corrected chi connectivity index (χ2v) is 10.8. The number of H-pyrrole nitrogens is 1. The number of sulfonamides is 1. The number of benzene rings is 2. The second kappa shape index (κ2) is 9.19. The number of hydrogen-bond donors (Lipinski definition) is 3. The fourth-order valence-corrected chi connectivity index (χ4v) is 5.68. The van der Waals surface area contributed by atoms with E-state index in [-0.39, 0.29) is 27.4 Å². The molecule has 2 heterocycles. The molecule has 2 aromatic carbocycles. The molecule has 10 heteroatoms. The Hall–Kier alpha value is -3.24. The summed E-state index contributed by atoms with van der Waals surface area (Å²) in [5.41, 5.74) is -0.355. The van der Waals surface area contributed by atoms with Crippen LogP contribution < -0.4 is 10.3 Å². The van der Waals surface area contributed by atoms with E-state index < -0.39 is 21.2 Å². The van der Waals surface area contributed by atoms with Gasteiger partial charge in [-0.1, -0.05) is 19.9 Å². The van der Waals surface area contributed by atoms with Crippen LogP contribution in [-0.2, 0) is 10.0 Å². The molecule has 0 radical (unpaired) electrons. The molecule has 1 saturated heterocycles. The van der Waals surface area contributed by atoms with Gasteiger partial charge in [0.2, 0.25) is 0 Å². The number of hydrogen-bond acceptors (Lipinski definition) is 6. The van der Waals surface area contributed by atoms with Crippen LogP contribution in [0.25, 0.3) is 10.9 Å². The van der Waals surface area contributed by atoms with E-state index in [4.69, 9.17) is 0 Å². The van der Waals surface area contributed by atoms with E-state index >= 15 is 0 Å². The molecule has 9 nitrogen and oxygen atoms in total. The predicted octanol–water partition coefficient (Wildman–Crippen LogP) is 2.74. The van der Waals surface area contributed by atoms with Crippen molar-refractivity contribution in [3.8, 4) is 0 Å². The number of aromatic amines is 1. The lowest BCUT2D eigenvalue weighted by molar-refractivity contribution is -0.0311. The van der Waals surface area contributed by atoms with Gasteiger partial charge in [-0.3, -0.25) is 14.3 Å². The highest BCUT2D eigenvalue weighted by atomic mass is 32.2. The van der Waals surface area contributed by atoms with Gasteiger partial charge in [0, 0.05) is 24.3 Å². The molecule has 0 spiro atoms. The lowest BCUT2D eigenvalue weighted by Crippen LogP contribution is -2.47. The zero-order valence-electron chi connectivity index (χ0n) is 19.1. The van der Waals surface area contributed by atoms with Gasteiger partial charge in [-0.2, -0.15) is 0 Å². The van der Waals surface area contributed by atoms with Crippen LogP contribution in [0.1, 0.15) is 43.5 Å². The highest BCUT2D eigenvalue weighted by molar-refractivity contribution is 7.93. The normalized spacial score (nSPS) is 16.1. The first kappa shape index (κ1) is 23.9. The van der Waals surface area contributed by atoms with Crippen LogP contribution in [0.2, 0.25) is 0 Å². The largest absolute Gasteiger partial charge is 0.390 e. The number of carbonyl (C=O) groups is 1. The van der Waals surface area contributed by atoms with Gasteiger partial charge < -0.3 is 15.0 Å². The lowest BCUT2D eigenvalue weighted by atomic mass is 9.84. The van der Waals surface area contributed by atoms with Crippen molar-refractivity contribution in [2.24, 2.45) is 5.92 Å². The number of nitrogens with one attached hydrogen (secondary N) is 2. The summed E-state index contributed by atoms with van der Waals surface area (Å²) in [7, 11) is -4.02. The van der Waals surface area contributed by atoms with Crippen molar-refractivity contribution in [2.75, 3.05) is 17.8 Å². The van der Waals surface area contributed by atoms with Crippen LogP contribution in [0.4, 0.5) is 5.69 Å². The topological polar surface area (TPSA) is 132 Å². The monoisotopic (exact) mass is 484 g/mol. The Morgan fingerprint density at radius 2 is 1.85 bits per heavy atom. The molecule has 1 aromatic heterocycles. The Kier molecular flexibility index (Phi) is 6.46. The summed E-state index contributed by atoms with van der Waals surface area (Å²) in [6.45, 7) is 5.09. The minimum atomic E-state index is -4.02. The number of piperidine rings is 1. The van der Waals surface area contributed by atoms with Crippen molar-refractivity contribution in [1.82, 2.24) is 14.9 Å². The van der Waals surface area contributed by atoms with Gasteiger partial charge in [0.05, 0.1) is 22.8 Å². The highest BCUT2D eigenvalue weighted by Gasteiger charge is 2.34. The van der Waals surface area contributed by atoms with Crippen LogP contribution in [0.5, 0.6) is 0 Å². The van der Waals surface area contributed by atoms with Gasteiger partial charge in [-0.15, -0.1) is 0 Å². The summed E-state index contributed by atoms with van der Waals surface area (Å²) in [6.07, 6.45) is 2.95. The molecule has 1 aliphatic heterocycles. The Morgan fingerprint density at radius 3 is 2.50 bits per heavy atom. The maximum atomic E-state index is 13.0. The van der Waals surface area contributed by atoms with Crippen LogP contribution in [-0.4, -0.2) is 53.0 Å². The molecule has 0 atom stereocenters. The molecule has 0 aliphatic carbocycles. The molecule has 34 heavy (non-hydrogen) atoms. The Labute approximate surface area is 197 Å². The number of nitrogens with zero attached hydrogens (tertiary/aromatic N) is 2. The average molecular weight is 485 g/mol. The minimum absolute atomic E-state index is 0.0769. The maximum absolute atomic E-state index is 13.0. The molecule has 180 valence electrons. The SMILES string of the molecule is CC(C)CC1(O)CCN(C(=O)c2ccc(NS(=O)(=O)c3cccc4c(=O)[nH]cnc34)cc2)CC1. The van der Waals surface area contributed by atoms with E-state index in [2.05, 4.69) is 28.5 Å². The molecule has 1 fully saturated rings. The van der Waals surface area contributed by atoms with E-state index in [1.807, 2.05) is 0 Å². The third-order valence-electron chi connectivity index (χ3n) is 6.08. The summed E-state index contributed by atoms with van der Waals surface area (Å²) in [5, 5.41) is 10.9. The molecule has 4 rings (SSSR count). The zero-order valence-corrected chi connectivity index (χ0v) is 19.9. The first-order valence-electron chi connectivity index (χ1n) is 11.2. The summed E-state index contributed by atoms with van der Waals surface area (Å²) in [6, 6.07) is 10.6. The molecular formula is C24H28N4O5S. The van der Waals surface area contributed by atoms with Crippen molar-refractivity contribution in [1.29, 1.82) is 0 Å². The average Bonchev–Trinajstić information content (AvgIpc) is 2.78. The summed E-state index contributed by atoms with van der Waals surface area (Å²) in [5.74, 6) is 0.229. The number of fused-ring (bicyclic) bond motifs is 1. The molecule has 0 bridgehead atoms. The highest BCUT2D eigenvalue weighted by Crippen LogP contribution is 2.29. The number of amides is 1. The summed E-state index contributed by atoms with van der Waals surface area (Å²) < 4.78 is 28.4. The Morgan fingerprint density at radius 1 is 1.18 bits per heavy atom. The number of aromatic nitrogens is 2. The van der Waals surface area contributed by atoms with E-state index in [0.717, 1.165) is 6.33 Å². The van der Waals surface area contributed by atoms with Crippen molar-refractivity contribution >= 4 is 32.5 Å². The number of carbonyl (C=O) groups excluding carboxylic acids is 1. The zero-order chi connectivity index (χ0) is 24.5. The summed E-state index contributed by atoms with van der Waals surface area (Å²) >= 11 is 0. The number of aliphatic hydroxyl groups is 1. The quantitative estimate of drug-likeness (QED) is 0.493. The number of para-hydroxylation sites is 1. The number of likely N-dealkylation sites (tertiary alicyclic amines) is 1. The van der Waals surface area contributed by atoms with Gasteiger partial charge in [0.25, 0.3) is 21.5 Å². The molecule has 1 amide bonds.